The van der Waals surface area contributed by atoms with Crippen LogP contribution in [0, 0.1) is 12.3 Å². The first kappa shape index (κ1) is 31.4. The number of alkyl halides is 3. The lowest BCUT2D eigenvalue weighted by molar-refractivity contribution is -0.175. The number of hydrogen-bond donors (Lipinski definition) is 0. The summed E-state index contributed by atoms with van der Waals surface area (Å²) in [6, 6.07) is 20.5. The average Bonchev–Trinajstić information content (AvgIpc) is 3.02. The number of sulfonamides is 1. The van der Waals surface area contributed by atoms with E-state index in [4.69, 9.17) is 16.3 Å². The molecule has 41 heavy (non-hydrogen) atoms. The Hall–Kier alpha value is -2.50. The second-order valence-corrected chi connectivity index (χ2v) is 13.7. The van der Waals surface area contributed by atoms with Gasteiger partial charge in [-0.25, -0.2) is 13.2 Å². The van der Waals surface area contributed by atoms with Gasteiger partial charge < -0.3 is 4.74 Å². The summed E-state index contributed by atoms with van der Waals surface area (Å²) in [4.78, 5) is 12.5. The maximum atomic E-state index is 15.6. The van der Waals surface area contributed by atoms with Crippen LogP contribution in [-0.2, 0) is 19.6 Å². The molecule has 5 nitrogen and oxygen atoms in total. The van der Waals surface area contributed by atoms with E-state index in [-0.39, 0.29) is 18.0 Å². The molecule has 10 heteroatoms. The van der Waals surface area contributed by atoms with Crippen LogP contribution in [0.1, 0.15) is 43.4 Å². The summed E-state index contributed by atoms with van der Waals surface area (Å²) in [6.07, 6.45) is -0.562. The molecule has 0 radical (unpaired) electrons. The summed E-state index contributed by atoms with van der Waals surface area (Å²) >= 11 is 8.67. The van der Waals surface area contributed by atoms with Crippen LogP contribution in [0.4, 0.5) is 14.5 Å². The van der Waals surface area contributed by atoms with Crippen molar-refractivity contribution in [2.24, 2.45) is 5.41 Å². The summed E-state index contributed by atoms with van der Waals surface area (Å²) in [5.41, 5.74) is 2.22. The van der Waals surface area contributed by atoms with Gasteiger partial charge in [-0.2, -0.15) is 8.78 Å². The normalized spacial score (nSPS) is 17.7. The molecule has 0 fully saturated rings. The summed E-state index contributed by atoms with van der Waals surface area (Å²) in [7, 11) is -4.23. The zero-order chi connectivity index (χ0) is 30.0. The lowest BCUT2D eigenvalue weighted by atomic mass is 9.72. The van der Waals surface area contributed by atoms with Gasteiger partial charge in [-0.1, -0.05) is 94.7 Å². The van der Waals surface area contributed by atoms with Crippen molar-refractivity contribution in [3.63, 3.8) is 0 Å². The molecule has 0 saturated heterocycles. The maximum Gasteiger partial charge on any atom is 0.376 e. The van der Waals surface area contributed by atoms with Gasteiger partial charge in [0.15, 0.2) is 0 Å². The molecule has 3 aromatic carbocycles. The zero-order valence-electron chi connectivity index (χ0n) is 23.0. The summed E-state index contributed by atoms with van der Waals surface area (Å²) in [5, 5.41) is 0.374. The molecule has 0 spiro atoms. The van der Waals surface area contributed by atoms with E-state index < -0.39 is 33.8 Å². The second-order valence-electron chi connectivity index (χ2n) is 10.3. The van der Waals surface area contributed by atoms with Crippen LogP contribution < -0.4 is 4.31 Å². The topological polar surface area (TPSA) is 63.7 Å². The monoisotopic (exact) mass is 713 g/mol. The number of anilines is 1. The highest BCUT2D eigenvalue weighted by Gasteiger charge is 2.51. The molecule has 0 bridgehead atoms. The minimum Gasteiger partial charge on any atom is -0.462 e. The van der Waals surface area contributed by atoms with Gasteiger partial charge in [0, 0.05) is 33.4 Å². The Morgan fingerprint density at radius 1 is 1.10 bits per heavy atom. The van der Waals surface area contributed by atoms with Crippen molar-refractivity contribution in [1.82, 2.24) is 0 Å². The Balaban J connectivity index is 2.07. The lowest BCUT2D eigenvalue weighted by Crippen LogP contribution is -2.45. The number of carbonyl (C=O) groups excluding carboxylic acids is 1. The largest absolute Gasteiger partial charge is 0.462 e. The fraction of sp³-hybridized carbons (Fsp3) is 0.323. The number of fused-ring (bicyclic) bond motifs is 1. The number of halogens is 4. The SMILES string of the molecule is CCOC(=O)C(F)(F)CC1(C)CN(S(=O)(=O)c2ccc(C)cc2)c2ccc(Cl)cc2C(c2ccccc2)=C1CCI. The molecular formula is C31H31ClF2INO4S. The van der Waals surface area contributed by atoms with Crippen LogP contribution in [0.3, 0.4) is 0 Å². The Morgan fingerprint density at radius 3 is 2.37 bits per heavy atom. The number of nitrogens with zero attached hydrogens (tertiary/aromatic N) is 1. The molecule has 0 saturated carbocycles. The van der Waals surface area contributed by atoms with Gasteiger partial charge in [0.2, 0.25) is 0 Å². The molecule has 1 heterocycles. The van der Waals surface area contributed by atoms with E-state index in [1.54, 1.807) is 37.3 Å². The minimum atomic E-state index is -4.23. The molecule has 0 aliphatic carbocycles. The third kappa shape index (κ3) is 6.46. The van der Waals surface area contributed by atoms with E-state index in [0.717, 1.165) is 11.1 Å². The van der Waals surface area contributed by atoms with Crippen molar-refractivity contribution in [2.45, 2.75) is 44.4 Å². The zero-order valence-corrected chi connectivity index (χ0v) is 26.7. The van der Waals surface area contributed by atoms with Crippen LogP contribution in [0.25, 0.3) is 5.57 Å². The van der Waals surface area contributed by atoms with E-state index in [1.165, 1.54) is 23.4 Å². The Morgan fingerprint density at radius 2 is 1.76 bits per heavy atom. The maximum absolute atomic E-state index is 15.6. The molecular weight excluding hydrogens is 683 g/mol. The number of benzene rings is 3. The number of ether oxygens (including phenoxy) is 1. The Bertz CT molecular complexity index is 1560. The summed E-state index contributed by atoms with van der Waals surface area (Å²) in [6.45, 7) is 4.40. The standard InChI is InChI=1S/C31H31ClF2INO4S/c1-4-40-29(37)31(33,34)19-30(3)20-36(41(38,39)24-13-10-21(2)11-14-24)27-15-12-23(32)18-25(27)28(26(30)16-17-35)22-8-6-5-7-9-22/h5-15,18H,4,16-17,19-20H2,1-3H3. The average molecular weight is 714 g/mol. The smallest absolute Gasteiger partial charge is 0.376 e. The van der Waals surface area contributed by atoms with Crippen LogP contribution >= 0.6 is 34.2 Å². The first-order valence-corrected chi connectivity index (χ1v) is 16.5. The van der Waals surface area contributed by atoms with Gasteiger partial charge in [0.1, 0.15) is 0 Å². The Labute approximate surface area is 258 Å². The van der Waals surface area contributed by atoms with Gasteiger partial charge in [-0.05, 0) is 61.7 Å². The predicted molar refractivity (Wildman–Crippen MR) is 167 cm³/mol. The van der Waals surface area contributed by atoms with E-state index in [9.17, 15) is 13.2 Å². The highest BCUT2D eigenvalue weighted by Crippen LogP contribution is 2.51. The van der Waals surface area contributed by atoms with Gasteiger partial charge in [-0.3, -0.25) is 4.31 Å². The molecule has 218 valence electrons. The number of aryl methyl sites for hydroxylation is 1. The van der Waals surface area contributed by atoms with Gasteiger partial charge in [0.05, 0.1) is 17.2 Å². The van der Waals surface area contributed by atoms with E-state index >= 15 is 8.78 Å². The minimum absolute atomic E-state index is 0.0297. The third-order valence-corrected chi connectivity index (χ3v) is 9.77. The third-order valence-electron chi connectivity index (χ3n) is 7.22. The van der Waals surface area contributed by atoms with Crippen molar-refractivity contribution in [2.75, 3.05) is 21.9 Å². The number of esters is 1. The van der Waals surface area contributed by atoms with Crippen molar-refractivity contribution in [1.29, 1.82) is 0 Å². The molecule has 1 unspecified atom stereocenters. The van der Waals surface area contributed by atoms with Crippen LogP contribution in [-0.4, -0.2) is 37.9 Å². The highest BCUT2D eigenvalue weighted by atomic mass is 127. The molecule has 0 N–H and O–H groups in total. The van der Waals surface area contributed by atoms with Gasteiger partial charge in [-0.15, -0.1) is 0 Å². The van der Waals surface area contributed by atoms with Gasteiger partial charge in [0.25, 0.3) is 10.0 Å². The molecule has 4 rings (SSSR count). The lowest BCUT2D eigenvalue weighted by Gasteiger charge is -2.38. The van der Waals surface area contributed by atoms with Crippen molar-refractivity contribution >= 4 is 61.4 Å². The quantitative estimate of drug-likeness (QED) is 0.128. The van der Waals surface area contributed by atoms with Crippen LogP contribution in [0.5, 0.6) is 0 Å². The van der Waals surface area contributed by atoms with Crippen molar-refractivity contribution in [3.05, 3.63) is 100 Å². The van der Waals surface area contributed by atoms with Crippen LogP contribution in [0.15, 0.2) is 83.3 Å². The summed E-state index contributed by atoms with van der Waals surface area (Å²) < 4.78 is 66.3. The first-order valence-electron chi connectivity index (χ1n) is 13.1. The van der Waals surface area contributed by atoms with Gasteiger partial charge >= 0.3 is 11.9 Å². The molecule has 3 aromatic rings. The fourth-order valence-electron chi connectivity index (χ4n) is 5.36. The van der Waals surface area contributed by atoms with Crippen molar-refractivity contribution in [3.8, 4) is 0 Å². The van der Waals surface area contributed by atoms with E-state index in [1.807, 2.05) is 37.3 Å². The van der Waals surface area contributed by atoms with E-state index in [2.05, 4.69) is 22.6 Å². The number of rotatable bonds is 9. The molecule has 1 aliphatic rings. The van der Waals surface area contributed by atoms with E-state index in [0.29, 0.717) is 38.3 Å². The first-order chi connectivity index (χ1) is 19.3. The fourth-order valence-corrected chi connectivity index (χ4v) is 7.68. The van der Waals surface area contributed by atoms with Crippen molar-refractivity contribution < 1.29 is 26.7 Å². The molecule has 0 aromatic heterocycles. The number of hydrogen-bond acceptors (Lipinski definition) is 4. The second kappa shape index (κ2) is 12.4. The van der Waals surface area contributed by atoms with Crippen LogP contribution in [0.2, 0.25) is 5.02 Å². The molecule has 0 amide bonds. The highest BCUT2D eigenvalue weighted by molar-refractivity contribution is 14.1. The molecule has 1 atom stereocenters. The number of carbonyl (C=O) groups is 1. The Kier molecular flexibility index (Phi) is 9.50. The molecule has 1 aliphatic heterocycles. The predicted octanol–water partition coefficient (Wildman–Crippen LogP) is 8.08. The summed E-state index contributed by atoms with van der Waals surface area (Å²) in [5.74, 6) is -5.50.